The summed E-state index contributed by atoms with van der Waals surface area (Å²) in [6, 6.07) is 1.84. The van der Waals surface area contributed by atoms with Gasteiger partial charge >= 0.3 is 0 Å². The summed E-state index contributed by atoms with van der Waals surface area (Å²) in [5.74, 6) is 0.167. The minimum atomic E-state index is -2.91. The van der Waals surface area contributed by atoms with E-state index in [4.69, 9.17) is 0 Å². The second kappa shape index (κ2) is 5.18. The lowest BCUT2D eigenvalue weighted by atomic mass is 10.1. The highest BCUT2D eigenvalue weighted by Gasteiger charge is 2.12. The van der Waals surface area contributed by atoms with E-state index >= 15 is 0 Å². The quantitative estimate of drug-likeness (QED) is 0.779. The molecule has 1 heterocycles. The molecule has 0 aliphatic carbocycles. The first kappa shape index (κ1) is 12.1. The van der Waals surface area contributed by atoms with Crippen molar-refractivity contribution in [3.63, 3.8) is 0 Å². The van der Waals surface area contributed by atoms with Gasteiger partial charge in [0.05, 0.1) is 11.9 Å². The average Bonchev–Trinajstić information content (AvgIpc) is 2.19. The Hall–Kier alpha value is -1.01. The van der Waals surface area contributed by atoms with Gasteiger partial charge in [-0.25, -0.2) is 8.42 Å². The van der Waals surface area contributed by atoms with Crippen LogP contribution in [0.5, 0.6) is 0 Å². The fourth-order valence-electron chi connectivity index (χ4n) is 1.32. The Kier molecular flexibility index (Phi) is 4.16. The molecule has 0 aromatic carbocycles. The topological polar surface area (TPSA) is 72.0 Å². The Morgan fingerprint density at radius 2 is 2.20 bits per heavy atom. The lowest BCUT2D eigenvalue weighted by Crippen LogP contribution is -2.20. The van der Waals surface area contributed by atoms with E-state index in [9.17, 15) is 8.42 Å². The van der Waals surface area contributed by atoms with Crippen LogP contribution in [0.3, 0.4) is 0 Å². The molecule has 0 aliphatic rings. The third kappa shape index (κ3) is 4.35. The van der Waals surface area contributed by atoms with Crippen molar-refractivity contribution in [1.29, 1.82) is 0 Å². The monoisotopic (exact) mass is 229 g/mol. The second-order valence-corrected chi connectivity index (χ2v) is 5.70. The summed E-state index contributed by atoms with van der Waals surface area (Å²) < 4.78 is 22.1. The number of hydrogen-bond donors (Lipinski definition) is 1. The molecule has 0 saturated carbocycles. The van der Waals surface area contributed by atoms with Gasteiger partial charge in [-0.15, -0.1) is 0 Å². The van der Waals surface area contributed by atoms with Crippen LogP contribution in [-0.2, 0) is 9.84 Å². The molecule has 0 amide bonds. The third-order valence-corrected chi connectivity index (χ3v) is 3.11. The normalized spacial score (nSPS) is 13.7. The van der Waals surface area contributed by atoms with Crippen molar-refractivity contribution < 1.29 is 8.42 Å². The molecule has 0 aliphatic heterocycles. The molecule has 84 valence electrons. The third-order valence-electron chi connectivity index (χ3n) is 2.14. The van der Waals surface area contributed by atoms with Crippen LogP contribution in [0, 0.1) is 0 Å². The van der Waals surface area contributed by atoms with Gasteiger partial charge < -0.3 is 5.32 Å². The first-order valence-corrected chi connectivity index (χ1v) is 6.70. The van der Waals surface area contributed by atoms with Crippen molar-refractivity contribution in [2.75, 3.05) is 19.1 Å². The number of hydrogen-bond acceptors (Lipinski definition) is 5. The van der Waals surface area contributed by atoms with E-state index in [2.05, 4.69) is 15.5 Å². The van der Waals surface area contributed by atoms with E-state index in [1.165, 1.54) is 6.26 Å². The number of nitrogens with zero attached hydrogens (tertiary/aromatic N) is 2. The van der Waals surface area contributed by atoms with Crippen molar-refractivity contribution in [2.24, 2.45) is 0 Å². The Bertz CT molecular complexity index is 391. The maximum Gasteiger partial charge on any atom is 0.147 e. The van der Waals surface area contributed by atoms with Crippen LogP contribution >= 0.6 is 0 Å². The Labute approximate surface area is 89.8 Å². The van der Waals surface area contributed by atoms with Gasteiger partial charge in [0.15, 0.2) is 0 Å². The zero-order valence-electron chi connectivity index (χ0n) is 8.84. The maximum atomic E-state index is 11.0. The summed E-state index contributed by atoms with van der Waals surface area (Å²) in [7, 11) is -1.11. The van der Waals surface area contributed by atoms with E-state index < -0.39 is 9.84 Å². The van der Waals surface area contributed by atoms with Crippen LogP contribution in [0.25, 0.3) is 0 Å². The highest BCUT2D eigenvalue weighted by molar-refractivity contribution is 7.90. The van der Waals surface area contributed by atoms with Crippen LogP contribution in [0.1, 0.15) is 18.0 Å². The van der Waals surface area contributed by atoms with Gasteiger partial charge in [0.1, 0.15) is 9.84 Å². The Morgan fingerprint density at radius 3 is 2.67 bits per heavy atom. The van der Waals surface area contributed by atoms with Crippen molar-refractivity contribution in [2.45, 2.75) is 12.5 Å². The van der Waals surface area contributed by atoms with Crippen molar-refractivity contribution >= 4 is 9.84 Å². The fourth-order valence-corrected chi connectivity index (χ4v) is 1.98. The molecule has 15 heavy (non-hydrogen) atoms. The standard InChI is InChI=1S/C9H15N3O2S/c1-10-9(4-6-15(2,13)14)8-3-5-11-12-7-8/h3,5,7,9-10H,4,6H2,1-2H3. The van der Waals surface area contributed by atoms with Crippen LogP contribution in [0.4, 0.5) is 0 Å². The first-order chi connectivity index (χ1) is 7.03. The van der Waals surface area contributed by atoms with Gasteiger partial charge in [0, 0.05) is 18.5 Å². The van der Waals surface area contributed by atoms with Crippen LogP contribution in [0.2, 0.25) is 0 Å². The summed E-state index contributed by atoms with van der Waals surface area (Å²) in [4.78, 5) is 0. The molecule has 0 saturated heterocycles. The molecule has 1 aromatic rings. The Morgan fingerprint density at radius 1 is 1.47 bits per heavy atom. The van der Waals surface area contributed by atoms with E-state index in [1.807, 2.05) is 6.07 Å². The molecule has 5 nitrogen and oxygen atoms in total. The molecule has 1 rings (SSSR count). The zero-order chi connectivity index (χ0) is 11.3. The number of nitrogens with one attached hydrogen (secondary N) is 1. The SMILES string of the molecule is CNC(CCS(C)(=O)=O)c1ccnnc1. The smallest absolute Gasteiger partial charge is 0.147 e. The molecular weight excluding hydrogens is 214 g/mol. The first-order valence-electron chi connectivity index (χ1n) is 4.64. The van der Waals surface area contributed by atoms with Crippen molar-refractivity contribution in [3.8, 4) is 0 Å². The number of aromatic nitrogens is 2. The molecule has 0 spiro atoms. The van der Waals surface area contributed by atoms with Gasteiger partial charge in [-0.05, 0) is 25.1 Å². The lowest BCUT2D eigenvalue weighted by molar-refractivity contribution is 0.556. The zero-order valence-corrected chi connectivity index (χ0v) is 9.66. The minimum absolute atomic E-state index is 0.00947. The van der Waals surface area contributed by atoms with E-state index in [1.54, 1.807) is 19.4 Å². The summed E-state index contributed by atoms with van der Waals surface area (Å²) in [5, 5.41) is 10.5. The number of sulfone groups is 1. The molecule has 0 bridgehead atoms. The van der Waals surface area contributed by atoms with Crippen molar-refractivity contribution in [1.82, 2.24) is 15.5 Å². The van der Waals surface area contributed by atoms with Crippen LogP contribution in [0.15, 0.2) is 18.5 Å². The summed E-state index contributed by atoms with van der Waals surface area (Å²) in [6.07, 6.45) is 5.02. The fraction of sp³-hybridized carbons (Fsp3) is 0.556. The second-order valence-electron chi connectivity index (χ2n) is 3.44. The highest BCUT2D eigenvalue weighted by atomic mass is 32.2. The molecule has 6 heteroatoms. The van der Waals surface area contributed by atoms with Gasteiger partial charge in [-0.1, -0.05) is 0 Å². The van der Waals surface area contributed by atoms with Crippen LogP contribution in [-0.4, -0.2) is 37.7 Å². The molecule has 1 aromatic heterocycles. The predicted molar refractivity (Wildman–Crippen MR) is 58.2 cm³/mol. The maximum absolute atomic E-state index is 11.0. The molecule has 1 N–H and O–H groups in total. The number of rotatable bonds is 5. The molecule has 0 fully saturated rings. The van der Waals surface area contributed by atoms with Crippen LogP contribution < -0.4 is 5.32 Å². The Balaban J connectivity index is 2.66. The summed E-state index contributed by atoms with van der Waals surface area (Å²) in [6.45, 7) is 0. The average molecular weight is 229 g/mol. The summed E-state index contributed by atoms with van der Waals surface area (Å²) >= 11 is 0. The minimum Gasteiger partial charge on any atom is -0.313 e. The lowest BCUT2D eigenvalue weighted by Gasteiger charge is -2.14. The van der Waals surface area contributed by atoms with E-state index in [-0.39, 0.29) is 11.8 Å². The van der Waals surface area contributed by atoms with Gasteiger partial charge in [0.25, 0.3) is 0 Å². The highest BCUT2D eigenvalue weighted by Crippen LogP contribution is 2.14. The van der Waals surface area contributed by atoms with Gasteiger partial charge in [-0.3, -0.25) is 0 Å². The largest absolute Gasteiger partial charge is 0.313 e. The predicted octanol–water partition coefficient (Wildman–Crippen LogP) is 0.172. The van der Waals surface area contributed by atoms with E-state index in [0.717, 1.165) is 5.56 Å². The van der Waals surface area contributed by atoms with Crippen molar-refractivity contribution in [3.05, 3.63) is 24.0 Å². The molecule has 1 atom stereocenters. The van der Waals surface area contributed by atoms with E-state index in [0.29, 0.717) is 6.42 Å². The molecular formula is C9H15N3O2S. The van der Waals surface area contributed by atoms with Gasteiger partial charge in [0.2, 0.25) is 0 Å². The molecule has 1 unspecified atom stereocenters. The molecule has 0 radical (unpaired) electrons. The summed E-state index contributed by atoms with van der Waals surface area (Å²) in [5.41, 5.74) is 0.955. The van der Waals surface area contributed by atoms with Gasteiger partial charge in [-0.2, -0.15) is 10.2 Å².